The second kappa shape index (κ2) is 4.02. The lowest BCUT2D eigenvalue weighted by molar-refractivity contribution is 0.0660. The fourth-order valence-electron chi connectivity index (χ4n) is 1.31. The van der Waals surface area contributed by atoms with E-state index in [1.807, 2.05) is 0 Å². The normalized spacial score (nSPS) is 10.6. The maximum Gasteiger partial charge on any atom is 0.371 e. The van der Waals surface area contributed by atoms with E-state index in [-0.39, 0.29) is 5.76 Å². The number of aryl methyl sites for hydroxylation is 1. The Morgan fingerprint density at radius 2 is 2.38 bits per heavy atom. The number of carboxylic acid groups (broad SMARTS) is 1. The van der Waals surface area contributed by atoms with E-state index in [0.717, 1.165) is 5.69 Å². The molecule has 2 rings (SSSR count). The van der Waals surface area contributed by atoms with Crippen molar-refractivity contribution >= 4 is 17.6 Å². The highest BCUT2D eigenvalue weighted by molar-refractivity contribution is 6.31. The standard InChI is InChI=1S/C10H9ClN2O3/c1-6-8(11)5-13(12-6)4-7-2-3-9(16-7)10(14)15/h2-3,5H,4H2,1H3,(H,14,15). The summed E-state index contributed by atoms with van der Waals surface area (Å²) >= 11 is 5.84. The fourth-order valence-corrected chi connectivity index (χ4v) is 1.46. The van der Waals surface area contributed by atoms with Crippen molar-refractivity contribution in [2.45, 2.75) is 13.5 Å². The topological polar surface area (TPSA) is 68.3 Å². The van der Waals surface area contributed by atoms with E-state index in [1.165, 1.54) is 6.07 Å². The van der Waals surface area contributed by atoms with E-state index in [1.54, 1.807) is 23.9 Å². The summed E-state index contributed by atoms with van der Waals surface area (Å²) in [6.07, 6.45) is 1.67. The summed E-state index contributed by atoms with van der Waals surface area (Å²) in [5.74, 6) is -0.637. The number of hydrogen-bond donors (Lipinski definition) is 1. The molecule has 0 radical (unpaired) electrons. The molecule has 0 unspecified atom stereocenters. The highest BCUT2D eigenvalue weighted by Crippen LogP contribution is 2.14. The molecule has 6 heteroatoms. The first-order chi connectivity index (χ1) is 7.56. The van der Waals surface area contributed by atoms with Crippen LogP contribution in [-0.2, 0) is 6.54 Å². The van der Waals surface area contributed by atoms with Gasteiger partial charge in [0.1, 0.15) is 5.76 Å². The van der Waals surface area contributed by atoms with Gasteiger partial charge < -0.3 is 9.52 Å². The largest absolute Gasteiger partial charge is 0.475 e. The van der Waals surface area contributed by atoms with Crippen LogP contribution >= 0.6 is 11.6 Å². The lowest BCUT2D eigenvalue weighted by Gasteiger charge is -1.96. The van der Waals surface area contributed by atoms with Crippen LogP contribution in [0.5, 0.6) is 0 Å². The van der Waals surface area contributed by atoms with Crippen LogP contribution in [0.25, 0.3) is 0 Å². The molecular weight excluding hydrogens is 232 g/mol. The van der Waals surface area contributed by atoms with Crippen molar-refractivity contribution in [3.63, 3.8) is 0 Å². The molecule has 2 heterocycles. The Hall–Kier alpha value is -1.75. The minimum atomic E-state index is -1.08. The average Bonchev–Trinajstić information content (AvgIpc) is 2.76. The first kappa shape index (κ1) is 10.8. The van der Waals surface area contributed by atoms with Crippen LogP contribution in [-0.4, -0.2) is 20.9 Å². The maximum absolute atomic E-state index is 10.6. The van der Waals surface area contributed by atoms with Crippen molar-refractivity contribution in [2.24, 2.45) is 0 Å². The first-order valence-corrected chi connectivity index (χ1v) is 4.95. The molecule has 0 aliphatic heterocycles. The molecule has 0 saturated carbocycles. The molecule has 1 N–H and O–H groups in total. The van der Waals surface area contributed by atoms with Gasteiger partial charge in [-0.1, -0.05) is 11.6 Å². The third kappa shape index (κ3) is 2.09. The molecule has 0 aliphatic rings. The van der Waals surface area contributed by atoms with Crippen LogP contribution in [0.3, 0.4) is 0 Å². The quantitative estimate of drug-likeness (QED) is 0.893. The van der Waals surface area contributed by atoms with Gasteiger partial charge in [-0.05, 0) is 19.1 Å². The van der Waals surface area contributed by atoms with Crippen molar-refractivity contribution < 1.29 is 14.3 Å². The maximum atomic E-state index is 10.6. The van der Waals surface area contributed by atoms with Crippen LogP contribution in [0, 0.1) is 6.92 Å². The third-order valence-corrected chi connectivity index (χ3v) is 2.45. The van der Waals surface area contributed by atoms with Crippen LogP contribution < -0.4 is 0 Å². The van der Waals surface area contributed by atoms with Crippen molar-refractivity contribution in [1.29, 1.82) is 0 Å². The van der Waals surface area contributed by atoms with Gasteiger partial charge in [-0.25, -0.2) is 4.79 Å². The smallest absolute Gasteiger partial charge is 0.371 e. The van der Waals surface area contributed by atoms with E-state index in [4.69, 9.17) is 21.1 Å². The highest BCUT2D eigenvalue weighted by Gasteiger charge is 2.10. The lowest BCUT2D eigenvalue weighted by Crippen LogP contribution is -1.99. The van der Waals surface area contributed by atoms with E-state index >= 15 is 0 Å². The molecule has 2 aromatic heterocycles. The predicted molar refractivity (Wildman–Crippen MR) is 56.7 cm³/mol. The van der Waals surface area contributed by atoms with Gasteiger partial charge in [0, 0.05) is 6.20 Å². The number of nitrogens with zero attached hydrogens (tertiary/aromatic N) is 2. The average molecular weight is 241 g/mol. The van der Waals surface area contributed by atoms with Gasteiger partial charge in [0.15, 0.2) is 0 Å². The van der Waals surface area contributed by atoms with Gasteiger partial charge in [0.05, 0.1) is 17.3 Å². The van der Waals surface area contributed by atoms with Crippen molar-refractivity contribution in [1.82, 2.24) is 9.78 Å². The molecule has 16 heavy (non-hydrogen) atoms. The van der Waals surface area contributed by atoms with Crippen molar-refractivity contribution in [2.75, 3.05) is 0 Å². The first-order valence-electron chi connectivity index (χ1n) is 4.58. The van der Waals surface area contributed by atoms with Crippen LogP contribution in [0.2, 0.25) is 5.02 Å². The summed E-state index contributed by atoms with van der Waals surface area (Å²) in [6.45, 7) is 2.16. The van der Waals surface area contributed by atoms with Crippen molar-refractivity contribution in [3.8, 4) is 0 Å². The molecule has 2 aromatic rings. The predicted octanol–water partition coefficient (Wildman–Crippen LogP) is 2.18. The minimum Gasteiger partial charge on any atom is -0.475 e. The monoisotopic (exact) mass is 240 g/mol. The van der Waals surface area contributed by atoms with Gasteiger partial charge in [-0.2, -0.15) is 5.10 Å². The van der Waals surface area contributed by atoms with Gasteiger partial charge in [-0.3, -0.25) is 4.68 Å². The van der Waals surface area contributed by atoms with Crippen LogP contribution in [0.4, 0.5) is 0 Å². The van der Waals surface area contributed by atoms with Crippen molar-refractivity contribution in [3.05, 3.63) is 40.6 Å². The second-order valence-electron chi connectivity index (χ2n) is 3.33. The molecule has 0 bridgehead atoms. The summed E-state index contributed by atoms with van der Waals surface area (Å²) < 4.78 is 6.69. The van der Waals surface area contributed by atoms with Crippen LogP contribution in [0.15, 0.2) is 22.7 Å². The Labute approximate surface area is 96.2 Å². The van der Waals surface area contributed by atoms with Gasteiger partial charge in [-0.15, -0.1) is 0 Å². The van der Waals surface area contributed by atoms with E-state index in [2.05, 4.69) is 5.10 Å². The number of carboxylic acids is 1. The fraction of sp³-hybridized carbons (Fsp3) is 0.200. The SMILES string of the molecule is Cc1nn(Cc2ccc(C(=O)O)o2)cc1Cl. The number of hydrogen-bond acceptors (Lipinski definition) is 3. The Morgan fingerprint density at radius 1 is 1.62 bits per heavy atom. The van der Waals surface area contributed by atoms with Gasteiger partial charge in [0.2, 0.25) is 5.76 Å². The zero-order valence-corrected chi connectivity index (χ0v) is 9.23. The minimum absolute atomic E-state index is 0.0787. The zero-order valence-electron chi connectivity index (χ0n) is 8.48. The number of halogens is 1. The Bertz CT molecular complexity index is 510. The second-order valence-corrected chi connectivity index (χ2v) is 3.74. The Balaban J connectivity index is 2.17. The summed E-state index contributed by atoms with van der Waals surface area (Å²) in [5.41, 5.74) is 0.728. The number of aromatic nitrogens is 2. The molecule has 0 saturated heterocycles. The Kier molecular flexibility index (Phi) is 2.70. The molecular formula is C10H9ClN2O3. The van der Waals surface area contributed by atoms with Crippen LogP contribution in [0.1, 0.15) is 22.0 Å². The molecule has 84 valence electrons. The van der Waals surface area contributed by atoms with E-state index in [9.17, 15) is 4.79 Å². The molecule has 0 amide bonds. The number of aromatic carboxylic acids is 1. The highest BCUT2D eigenvalue weighted by atomic mass is 35.5. The zero-order chi connectivity index (χ0) is 11.7. The summed E-state index contributed by atoms with van der Waals surface area (Å²) in [5, 5.41) is 13.4. The molecule has 5 nitrogen and oxygen atoms in total. The molecule has 0 aromatic carbocycles. The van der Waals surface area contributed by atoms with Gasteiger partial charge in [0.25, 0.3) is 0 Å². The molecule has 0 aliphatic carbocycles. The summed E-state index contributed by atoms with van der Waals surface area (Å²) in [7, 11) is 0. The summed E-state index contributed by atoms with van der Waals surface area (Å²) in [4.78, 5) is 10.6. The van der Waals surface area contributed by atoms with E-state index in [0.29, 0.717) is 17.3 Å². The molecule has 0 fully saturated rings. The number of furan rings is 1. The lowest BCUT2D eigenvalue weighted by atomic mass is 10.4. The Morgan fingerprint density at radius 3 is 2.88 bits per heavy atom. The van der Waals surface area contributed by atoms with E-state index < -0.39 is 5.97 Å². The van der Waals surface area contributed by atoms with Gasteiger partial charge >= 0.3 is 5.97 Å². The number of carbonyl (C=O) groups is 1. The molecule has 0 spiro atoms. The summed E-state index contributed by atoms with van der Waals surface area (Å²) in [6, 6.07) is 3.02. The molecule has 0 atom stereocenters. The number of rotatable bonds is 3. The third-order valence-electron chi connectivity index (χ3n) is 2.08.